The van der Waals surface area contributed by atoms with Crippen LogP contribution in [0.15, 0.2) is 61.5 Å². The van der Waals surface area contributed by atoms with Gasteiger partial charge in [0.2, 0.25) is 21.7 Å². The molecule has 2 N–H and O–H groups in total. The quantitative estimate of drug-likeness (QED) is 0.391. The average Bonchev–Trinajstić information content (AvgIpc) is 3.24. The Kier molecular flexibility index (Phi) is 5.95. The van der Waals surface area contributed by atoms with Crippen LogP contribution in [0.5, 0.6) is 0 Å². The standard InChI is InChI=1S/C21H20FN5O5S/c1-12(2)11-27-17-8-3-13(9-16(17)24-20(28)21(27)29)19-25-18(32-26-19)10-23-33(30,31)15-6-4-14(22)5-7-15/h3-9,12,23H,10-11H2,1-2H3,(H,24,28). The molecule has 0 atom stereocenters. The molecular weight excluding hydrogens is 453 g/mol. The summed E-state index contributed by atoms with van der Waals surface area (Å²) in [7, 11) is -3.90. The minimum Gasteiger partial charge on any atom is -0.338 e. The summed E-state index contributed by atoms with van der Waals surface area (Å²) < 4.78 is 46.5. The fourth-order valence-electron chi connectivity index (χ4n) is 3.26. The minimum atomic E-state index is -3.90. The maximum atomic E-state index is 13.0. The van der Waals surface area contributed by atoms with E-state index in [1.807, 2.05) is 13.8 Å². The monoisotopic (exact) mass is 473 g/mol. The van der Waals surface area contributed by atoms with E-state index in [4.69, 9.17) is 4.52 Å². The van der Waals surface area contributed by atoms with E-state index >= 15 is 0 Å². The molecule has 0 radical (unpaired) electrons. The highest BCUT2D eigenvalue weighted by molar-refractivity contribution is 7.89. The van der Waals surface area contributed by atoms with Crippen LogP contribution >= 0.6 is 0 Å². The number of rotatable bonds is 7. The lowest BCUT2D eigenvalue weighted by Gasteiger charge is -2.12. The second-order valence-corrected chi connectivity index (χ2v) is 9.55. The third-order valence-corrected chi connectivity index (χ3v) is 6.20. The van der Waals surface area contributed by atoms with Gasteiger partial charge in [-0.2, -0.15) is 4.98 Å². The van der Waals surface area contributed by atoms with Crippen molar-refractivity contribution >= 4 is 21.1 Å². The number of H-pyrrole nitrogens is 1. The topological polar surface area (TPSA) is 140 Å². The number of nitrogens with one attached hydrogen (secondary N) is 2. The van der Waals surface area contributed by atoms with Crippen LogP contribution in [0.25, 0.3) is 22.4 Å². The van der Waals surface area contributed by atoms with Gasteiger partial charge in [-0.05, 0) is 48.4 Å². The molecule has 0 amide bonds. The second-order valence-electron chi connectivity index (χ2n) is 7.79. The molecule has 4 rings (SSSR count). The number of nitrogens with zero attached hydrogens (tertiary/aromatic N) is 3. The van der Waals surface area contributed by atoms with Crippen LogP contribution in [0.1, 0.15) is 19.7 Å². The smallest absolute Gasteiger partial charge is 0.316 e. The maximum Gasteiger partial charge on any atom is 0.316 e. The molecule has 0 unspecified atom stereocenters. The van der Waals surface area contributed by atoms with Crippen molar-refractivity contribution in [3.05, 3.63) is 74.9 Å². The van der Waals surface area contributed by atoms with Gasteiger partial charge in [-0.3, -0.25) is 9.59 Å². The molecule has 0 aliphatic heterocycles. The van der Waals surface area contributed by atoms with Gasteiger partial charge in [0, 0.05) is 12.1 Å². The Bertz CT molecular complexity index is 1540. The minimum absolute atomic E-state index is 0.00838. The van der Waals surface area contributed by atoms with Crippen LogP contribution in [0.2, 0.25) is 0 Å². The second kappa shape index (κ2) is 8.71. The predicted octanol–water partition coefficient (Wildman–Crippen LogP) is 2.01. The molecule has 2 heterocycles. The van der Waals surface area contributed by atoms with Gasteiger partial charge >= 0.3 is 11.1 Å². The number of benzene rings is 2. The van der Waals surface area contributed by atoms with Gasteiger partial charge in [-0.1, -0.05) is 19.0 Å². The lowest BCUT2D eigenvalue weighted by atomic mass is 10.1. The van der Waals surface area contributed by atoms with Crippen molar-refractivity contribution in [2.45, 2.75) is 31.8 Å². The lowest BCUT2D eigenvalue weighted by Crippen LogP contribution is -2.37. The number of aromatic amines is 1. The predicted molar refractivity (Wildman–Crippen MR) is 117 cm³/mol. The van der Waals surface area contributed by atoms with Gasteiger partial charge in [-0.25, -0.2) is 17.5 Å². The summed E-state index contributed by atoms with van der Waals surface area (Å²) in [4.78, 5) is 31.0. The van der Waals surface area contributed by atoms with Crippen molar-refractivity contribution in [2.24, 2.45) is 5.92 Å². The van der Waals surface area contributed by atoms with Crippen molar-refractivity contribution in [3.63, 3.8) is 0 Å². The molecule has 12 heteroatoms. The number of aromatic nitrogens is 4. The molecule has 0 fully saturated rings. The molecule has 0 aliphatic rings. The van der Waals surface area contributed by atoms with E-state index < -0.39 is 27.0 Å². The third kappa shape index (κ3) is 4.76. The molecule has 0 saturated carbocycles. The Morgan fingerprint density at radius 2 is 1.88 bits per heavy atom. The van der Waals surface area contributed by atoms with E-state index in [0.29, 0.717) is 23.1 Å². The van der Waals surface area contributed by atoms with Crippen LogP contribution in [-0.2, 0) is 23.1 Å². The van der Waals surface area contributed by atoms with E-state index in [1.165, 1.54) is 4.57 Å². The van der Waals surface area contributed by atoms with E-state index in [0.717, 1.165) is 24.3 Å². The average molecular weight is 473 g/mol. The van der Waals surface area contributed by atoms with Gasteiger partial charge in [0.1, 0.15) is 5.82 Å². The van der Waals surface area contributed by atoms with Crippen molar-refractivity contribution in [3.8, 4) is 11.4 Å². The van der Waals surface area contributed by atoms with Crippen molar-refractivity contribution in [2.75, 3.05) is 0 Å². The van der Waals surface area contributed by atoms with E-state index in [2.05, 4.69) is 19.8 Å². The summed E-state index contributed by atoms with van der Waals surface area (Å²) >= 11 is 0. The molecule has 4 aromatic rings. The third-order valence-electron chi connectivity index (χ3n) is 4.79. The number of hydrogen-bond donors (Lipinski definition) is 2. The normalized spacial score (nSPS) is 12.0. The first kappa shape index (κ1) is 22.6. The Balaban J connectivity index is 1.58. The molecular formula is C21H20FN5O5S. The fourth-order valence-corrected chi connectivity index (χ4v) is 4.24. The zero-order valence-electron chi connectivity index (χ0n) is 17.7. The van der Waals surface area contributed by atoms with Crippen LogP contribution in [0, 0.1) is 11.7 Å². The summed E-state index contributed by atoms with van der Waals surface area (Å²) in [6, 6.07) is 9.35. The molecule has 0 bridgehead atoms. The summed E-state index contributed by atoms with van der Waals surface area (Å²) in [5.74, 6) is -0.205. The fraction of sp³-hybridized carbons (Fsp3) is 0.238. The number of hydrogen-bond acceptors (Lipinski definition) is 7. The highest BCUT2D eigenvalue weighted by atomic mass is 32.2. The molecule has 2 aromatic carbocycles. The SMILES string of the molecule is CC(C)Cn1c(=O)c(=O)[nH]c2cc(-c3noc(CNS(=O)(=O)c4ccc(F)cc4)n3)ccc21. The molecule has 0 spiro atoms. The van der Waals surface area contributed by atoms with Crippen LogP contribution in [-0.4, -0.2) is 28.1 Å². The van der Waals surface area contributed by atoms with Gasteiger partial charge in [0.25, 0.3) is 0 Å². The first-order valence-corrected chi connectivity index (χ1v) is 11.5. The van der Waals surface area contributed by atoms with E-state index in [-0.39, 0.29) is 29.1 Å². The van der Waals surface area contributed by atoms with Crippen LogP contribution in [0.4, 0.5) is 4.39 Å². The summed E-state index contributed by atoms with van der Waals surface area (Å²) in [6.07, 6.45) is 0. The maximum absolute atomic E-state index is 13.0. The van der Waals surface area contributed by atoms with Gasteiger partial charge in [0.05, 0.1) is 22.5 Å². The zero-order chi connectivity index (χ0) is 23.8. The number of sulfonamides is 1. The number of fused-ring (bicyclic) bond motifs is 1. The summed E-state index contributed by atoms with van der Waals surface area (Å²) in [6.45, 7) is 4.00. The van der Waals surface area contributed by atoms with E-state index in [9.17, 15) is 22.4 Å². The Hall–Kier alpha value is -3.64. The Labute approximate surface area is 187 Å². The lowest BCUT2D eigenvalue weighted by molar-refractivity contribution is 0.376. The highest BCUT2D eigenvalue weighted by Gasteiger charge is 2.17. The molecule has 0 saturated heterocycles. The Morgan fingerprint density at radius 1 is 1.15 bits per heavy atom. The molecule has 172 valence electrons. The van der Waals surface area contributed by atoms with Gasteiger partial charge < -0.3 is 14.1 Å². The number of halogens is 1. The van der Waals surface area contributed by atoms with Crippen LogP contribution < -0.4 is 15.8 Å². The van der Waals surface area contributed by atoms with Crippen LogP contribution in [0.3, 0.4) is 0 Å². The first-order chi connectivity index (χ1) is 15.6. The van der Waals surface area contributed by atoms with Gasteiger partial charge in [-0.15, -0.1) is 0 Å². The summed E-state index contributed by atoms with van der Waals surface area (Å²) in [5, 5.41) is 3.86. The highest BCUT2D eigenvalue weighted by Crippen LogP contribution is 2.21. The molecule has 2 aromatic heterocycles. The molecule has 0 aliphatic carbocycles. The summed E-state index contributed by atoms with van der Waals surface area (Å²) in [5.41, 5.74) is 0.141. The van der Waals surface area contributed by atoms with Crippen molar-refractivity contribution in [1.82, 2.24) is 24.4 Å². The first-order valence-electron chi connectivity index (χ1n) is 9.99. The van der Waals surface area contributed by atoms with Crippen molar-refractivity contribution < 1.29 is 17.3 Å². The zero-order valence-corrected chi connectivity index (χ0v) is 18.5. The van der Waals surface area contributed by atoms with Gasteiger partial charge in [0.15, 0.2) is 0 Å². The van der Waals surface area contributed by atoms with E-state index in [1.54, 1.807) is 18.2 Å². The molecule has 10 nitrogen and oxygen atoms in total. The largest absolute Gasteiger partial charge is 0.338 e. The molecule has 33 heavy (non-hydrogen) atoms. The van der Waals surface area contributed by atoms with Crippen molar-refractivity contribution in [1.29, 1.82) is 0 Å². The Morgan fingerprint density at radius 3 is 2.58 bits per heavy atom.